The predicted molar refractivity (Wildman–Crippen MR) is 131 cm³/mol. The smallest absolute Gasteiger partial charge is 0.303 e. The molecule has 0 unspecified atom stereocenters. The van der Waals surface area contributed by atoms with Gasteiger partial charge in [0.25, 0.3) is 5.91 Å². The van der Waals surface area contributed by atoms with Crippen LogP contribution in [-0.4, -0.2) is 57.1 Å². The van der Waals surface area contributed by atoms with Gasteiger partial charge in [-0.2, -0.15) is 0 Å². The number of aliphatic hydroxyl groups is 1. The third-order valence-corrected chi connectivity index (χ3v) is 6.22. The van der Waals surface area contributed by atoms with Crippen LogP contribution in [0.2, 0.25) is 0 Å². The molecule has 3 N–H and O–H groups in total. The number of aryl methyl sites for hydroxylation is 1. The fourth-order valence-corrected chi connectivity index (χ4v) is 4.18. The van der Waals surface area contributed by atoms with Gasteiger partial charge in [0.1, 0.15) is 6.26 Å². The van der Waals surface area contributed by atoms with Crippen LogP contribution >= 0.6 is 0 Å². The maximum atomic E-state index is 12.7. The number of nitrogens with one attached hydrogen (secondary N) is 1. The number of piperidine rings is 1. The molecule has 4 rings (SSSR count). The second-order valence-corrected chi connectivity index (χ2v) is 8.88. The molecule has 1 aliphatic heterocycles. The lowest BCUT2D eigenvalue weighted by Gasteiger charge is -2.28. The molecule has 0 bridgehead atoms. The molecule has 2 amide bonds. The van der Waals surface area contributed by atoms with E-state index < -0.39 is 5.97 Å². The summed E-state index contributed by atoms with van der Waals surface area (Å²) >= 11 is 0. The van der Waals surface area contributed by atoms with E-state index in [2.05, 4.69) is 10.3 Å². The van der Waals surface area contributed by atoms with Gasteiger partial charge in [-0.15, -0.1) is 0 Å². The Labute approximate surface area is 208 Å². The zero-order valence-corrected chi connectivity index (χ0v) is 19.9. The van der Waals surface area contributed by atoms with Crippen molar-refractivity contribution in [1.82, 2.24) is 15.2 Å². The normalized spacial score (nSPS) is 14.0. The van der Waals surface area contributed by atoms with Gasteiger partial charge in [0.05, 0.1) is 12.5 Å². The molecular formula is C27H29N3O6. The van der Waals surface area contributed by atoms with Crippen LogP contribution in [0.5, 0.6) is 0 Å². The molecule has 1 fully saturated rings. The summed E-state index contributed by atoms with van der Waals surface area (Å²) in [5.74, 6) is -1.04. The first-order valence-electron chi connectivity index (χ1n) is 12.0. The highest BCUT2D eigenvalue weighted by molar-refractivity contribution is 5.92. The summed E-state index contributed by atoms with van der Waals surface area (Å²) in [5, 5.41) is 21.7. The molecule has 0 saturated carbocycles. The van der Waals surface area contributed by atoms with Crippen LogP contribution in [0.1, 0.15) is 46.4 Å². The van der Waals surface area contributed by atoms with E-state index >= 15 is 0 Å². The van der Waals surface area contributed by atoms with Crippen molar-refractivity contribution in [2.24, 2.45) is 0 Å². The first-order chi connectivity index (χ1) is 17.4. The van der Waals surface area contributed by atoms with E-state index in [9.17, 15) is 24.6 Å². The summed E-state index contributed by atoms with van der Waals surface area (Å²) in [4.78, 5) is 42.3. The molecule has 0 radical (unpaired) electrons. The Kier molecular flexibility index (Phi) is 8.12. The molecule has 3 aromatic rings. The van der Waals surface area contributed by atoms with E-state index in [0.717, 1.165) is 16.7 Å². The number of carbonyl (C=O) groups is 3. The Hall–Kier alpha value is -3.98. The summed E-state index contributed by atoms with van der Waals surface area (Å²) in [6.07, 6.45) is 2.47. The first kappa shape index (κ1) is 25.1. The highest BCUT2D eigenvalue weighted by Gasteiger charge is 2.25. The average molecular weight is 492 g/mol. The number of carboxylic acid groups (broad SMARTS) is 1. The van der Waals surface area contributed by atoms with Crippen LogP contribution in [0.25, 0.3) is 11.5 Å². The van der Waals surface area contributed by atoms with Gasteiger partial charge in [0, 0.05) is 31.6 Å². The van der Waals surface area contributed by atoms with Crippen molar-refractivity contribution < 1.29 is 29.0 Å². The quantitative estimate of drug-likeness (QED) is 0.419. The molecule has 0 aliphatic carbocycles. The van der Waals surface area contributed by atoms with Crippen LogP contribution in [-0.2, 0) is 29.0 Å². The molecule has 9 heteroatoms. The number of aliphatic carboxylic acids is 1. The number of hydrogen-bond donors (Lipinski definition) is 3. The molecule has 1 saturated heterocycles. The van der Waals surface area contributed by atoms with Crippen LogP contribution in [0.15, 0.2) is 59.2 Å². The number of amides is 2. The molecule has 2 aromatic carbocycles. The van der Waals surface area contributed by atoms with Gasteiger partial charge in [0.2, 0.25) is 11.8 Å². The molecular weight excluding hydrogens is 462 g/mol. The Balaban J connectivity index is 1.46. The number of carboxylic acids is 1. The number of oxazole rings is 1. The number of benzene rings is 2. The van der Waals surface area contributed by atoms with E-state index in [1.54, 1.807) is 17.0 Å². The third kappa shape index (κ3) is 6.57. The van der Waals surface area contributed by atoms with Crippen molar-refractivity contribution in [3.63, 3.8) is 0 Å². The number of aliphatic hydroxyl groups excluding tert-OH is 1. The van der Waals surface area contributed by atoms with Gasteiger partial charge in [-0.3, -0.25) is 14.4 Å². The Morgan fingerprint density at radius 2 is 1.81 bits per heavy atom. The van der Waals surface area contributed by atoms with Crippen molar-refractivity contribution in [3.05, 3.63) is 77.2 Å². The SMILES string of the molecule is O=C(O)CCc1cc(-c2nc(C(=O)N3CCC(O)CC3)co2)ccc1CNC(=O)Cc1ccccc1. The van der Waals surface area contributed by atoms with Gasteiger partial charge in [-0.25, -0.2) is 4.98 Å². The van der Waals surface area contributed by atoms with E-state index in [1.165, 1.54) is 6.26 Å². The second-order valence-electron chi connectivity index (χ2n) is 8.88. The lowest BCUT2D eigenvalue weighted by Crippen LogP contribution is -2.40. The number of rotatable bonds is 9. The number of hydrogen-bond acceptors (Lipinski definition) is 6. The van der Waals surface area contributed by atoms with Crippen molar-refractivity contribution in [3.8, 4) is 11.5 Å². The summed E-state index contributed by atoms with van der Waals surface area (Å²) in [6.45, 7) is 1.19. The Morgan fingerprint density at radius 3 is 2.53 bits per heavy atom. The number of aromatic nitrogens is 1. The zero-order valence-electron chi connectivity index (χ0n) is 19.9. The molecule has 1 aliphatic rings. The fraction of sp³-hybridized carbons (Fsp3) is 0.333. The molecule has 36 heavy (non-hydrogen) atoms. The lowest BCUT2D eigenvalue weighted by atomic mass is 9.99. The van der Waals surface area contributed by atoms with Crippen LogP contribution in [0, 0.1) is 0 Å². The van der Waals surface area contributed by atoms with Crippen molar-refractivity contribution in [2.75, 3.05) is 13.1 Å². The minimum Gasteiger partial charge on any atom is -0.481 e. The first-order valence-corrected chi connectivity index (χ1v) is 12.0. The Morgan fingerprint density at radius 1 is 1.06 bits per heavy atom. The van der Waals surface area contributed by atoms with Gasteiger partial charge < -0.3 is 24.8 Å². The fourth-order valence-electron chi connectivity index (χ4n) is 4.18. The standard InChI is InChI=1S/C27H29N3O6/c31-22-10-12-30(13-11-22)27(35)23-17-36-26(29-23)20-6-7-21(19(15-20)8-9-25(33)34)16-28-24(32)14-18-4-2-1-3-5-18/h1-7,15,17,22,31H,8-14,16H2,(H,28,32)(H,33,34). The predicted octanol–water partition coefficient (Wildman–Crippen LogP) is 2.81. The largest absolute Gasteiger partial charge is 0.481 e. The van der Waals surface area contributed by atoms with Crippen LogP contribution < -0.4 is 5.32 Å². The minimum absolute atomic E-state index is 0.0649. The van der Waals surface area contributed by atoms with Gasteiger partial charge in [-0.05, 0) is 48.1 Å². The number of carbonyl (C=O) groups excluding carboxylic acids is 2. The average Bonchev–Trinajstić information content (AvgIpc) is 3.37. The number of likely N-dealkylation sites (tertiary alicyclic amines) is 1. The molecule has 2 heterocycles. The molecule has 0 spiro atoms. The Bertz CT molecular complexity index is 1220. The van der Waals surface area contributed by atoms with Crippen molar-refractivity contribution in [1.29, 1.82) is 0 Å². The van der Waals surface area contributed by atoms with Crippen LogP contribution in [0.4, 0.5) is 0 Å². The summed E-state index contributed by atoms with van der Waals surface area (Å²) in [7, 11) is 0. The molecule has 0 atom stereocenters. The maximum absolute atomic E-state index is 12.7. The van der Waals surface area contributed by atoms with E-state index in [1.807, 2.05) is 36.4 Å². The summed E-state index contributed by atoms with van der Waals surface area (Å²) in [6, 6.07) is 14.8. The topological polar surface area (TPSA) is 133 Å². The van der Waals surface area contributed by atoms with Crippen molar-refractivity contribution in [2.45, 2.75) is 44.8 Å². The molecule has 188 valence electrons. The highest BCUT2D eigenvalue weighted by Crippen LogP contribution is 2.24. The summed E-state index contributed by atoms with van der Waals surface area (Å²) in [5.41, 5.74) is 3.27. The second kappa shape index (κ2) is 11.6. The lowest BCUT2D eigenvalue weighted by molar-refractivity contribution is -0.137. The minimum atomic E-state index is -0.921. The zero-order chi connectivity index (χ0) is 25.5. The van der Waals surface area contributed by atoms with Gasteiger partial charge in [-0.1, -0.05) is 36.4 Å². The number of nitrogens with zero attached hydrogens (tertiary/aromatic N) is 2. The van der Waals surface area contributed by atoms with Gasteiger partial charge in [0.15, 0.2) is 5.69 Å². The monoisotopic (exact) mass is 491 g/mol. The molecule has 1 aromatic heterocycles. The molecule has 9 nitrogen and oxygen atoms in total. The van der Waals surface area contributed by atoms with E-state index in [0.29, 0.717) is 31.5 Å². The van der Waals surface area contributed by atoms with Crippen molar-refractivity contribution >= 4 is 17.8 Å². The highest BCUT2D eigenvalue weighted by atomic mass is 16.4. The van der Waals surface area contributed by atoms with E-state index in [-0.39, 0.29) is 55.3 Å². The third-order valence-electron chi connectivity index (χ3n) is 6.22. The maximum Gasteiger partial charge on any atom is 0.303 e. The van der Waals surface area contributed by atoms with Crippen LogP contribution in [0.3, 0.4) is 0 Å². The summed E-state index contributed by atoms with van der Waals surface area (Å²) < 4.78 is 5.57. The van der Waals surface area contributed by atoms with Gasteiger partial charge >= 0.3 is 5.97 Å². The van der Waals surface area contributed by atoms with E-state index in [4.69, 9.17) is 4.42 Å².